The van der Waals surface area contributed by atoms with E-state index in [1.807, 2.05) is 0 Å². The second-order valence-corrected chi connectivity index (χ2v) is 16.4. The third kappa shape index (κ3) is 38.5. The maximum Gasteiger partial charge on any atom is 0.472 e. The van der Waals surface area contributed by atoms with Crippen LogP contribution in [0.5, 0.6) is 0 Å². The molecule has 0 spiro atoms. The van der Waals surface area contributed by atoms with Gasteiger partial charge in [-0.1, -0.05) is 187 Å². The zero-order valence-electron chi connectivity index (χ0n) is 34.2. The second-order valence-electron chi connectivity index (χ2n) is 14.8. The number of carbonyl (C=O) groups is 2. The van der Waals surface area contributed by atoms with E-state index >= 15 is 0 Å². The summed E-state index contributed by atoms with van der Waals surface area (Å²) >= 11 is 0. The molecular formula is C43H83O8P. The van der Waals surface area contributed by atoms with Crippen molar-refractivity contribution in [2.75, 3.05) is 20.3 Å². The van der Waals surface area contributed by atoms with Crippen LogP contribution in [0.15, 0.2) is 12.2 Å². The lowest BCUT2D eigenvalue weighted by Gasteiger charge is -2.19. The first-order valence-corrected chi connectivity index (χ1v) is 23.4. The third-order valence-electron chi connectivity index (χ3n) is 9.76. The number of hydrogen-bond acceptors (Lipinski definition) is 7. The van der Waals surface area contributed by atoms with Gasteiger partial charge in [-0.25, -0.2) is 4.57 Å². The molecule has 0 rings (SSSR count). The lowest BCUT2D eigenvalue weighted by Crippen LogP contribution is -2.29. The Morgan fingerprint density at radius 1 is 0.519 bits per heavy atom. The molecule has 8 nitrogen and oxygen atoms in total. The number of phosphoric acid groups is 1. The number of phosphoric ester groups is 1. The maximum atomic E-state index is 12.5. The van der Waals surface area contributed by atoms with Gasteiger partial charge in [0.25, 0.3) is 0 Å². The van der Waals surface area contributed by atoms with Crippen LogP contribution in [-0.2, 0) is 32.7 Å². The molecule has 0 amide bonds. The molecule has 0 aromatic carbocycles. The minimum Gasteiger partial charge on any atom is -0.462 e. The Bertz CT molecular complexity index is 864. The average molecular weight is 759 g/mol. The van der Waals surface area contributed by atoms with Crippen molar-refractivity contribution in [3.8, 4) is 0 Å². The lowest BCUT2D eigenvalue weighted by atomic mass is 10.0. The van der Waals surface area contributed by atoms with Crippen molar-refractivity contribution in [3.63, 3.8) is 0 Å². The fourth-order valence-electron chi connectivity index (χ4n) is 6.36. The Balaban J connectivity index is 3.91. The number of rotatable bonds is 41. The topological polar surface area (TPSA) is 108 Å². The summed E-state index contributed by atoms with van der Waals surface area (Å²) < 4.78 is 32.0. The van der Waals surface area contributed by atoms with Gasteiger partial charge in [0.2, 0.25) is 0 Å². The van der Waals surface area contributed by atoms with E-state index in [2.05, 4.69) is 30.5 Å². The summed E-state index contributed by atoms with van der Waals surface area (Å²) in [5.41, 5.74) is 0. The van der Waals surface area contributed by atoms with Crippen LogP contribution < -0.4 is 0 Å². The van der Waals surface area contributed by atoms with Gasteiger partial charge in [-0.15, -0.1) is 0 Å². The molecule has 0 aromatic heterocycles. The summed E-state index contributed by atoms with van der Waals surface area (Å²) in [5.74, 6) is -0.802. The quantitative estimate of drug-likeness (QED) is 0.0284. The summed E-state index contributed by atoms with van der Waals surface area (Å²) in [6.45, 7) is 3.89. The number of allylic oxidation sites excluding steroid dienone is 2. The molecule has 0 aliphatic rings. The first-order valence-electron chi connectivity index (χ1n) is 21.9. The van der Waals surface area contributed by atoms with Gasteiger partial charge in [0.1, 0.15) is 6.61 Å². The molecule has 0 aromatic rings. The predicted molar refractivity (Wildman–Crippen MR) is 216 cm³/mol. The van der Waals surface area contributed by atoms with E-state index in [9.17, 15) is 19.0 Å². The summed E-state index contributed by atoms with van der Waals surface area (Å²) in [6.07, 6.45) is 42.7. The first-order chi connectivity index (χ1) is 25.3. The number of carbonyl (C=O) groups excluding carboxylic acids is 2. The molecular weight excluding hydrogens is 675 g/mol. The molecule has 0 saturated heterocycles. The Hall–Kier alpha value is -1.21. The standard InChI is InChI=1S/C43H83O8P/c1-4-6-8-10-12-14-16-18-19-20-21-22-23-24-26-27-29-31-33-35-37-42(44)49-39-41(40-50-52(46,47)48-3)51-43(45)38-36-34-32-30-28-25-17-15-13-11-9-7-5-2/h15,17,41H,4-14,16,18-40H2,1-3H3,(H,46,47)/b17-15-. The lowest BCUT2D eigenvalue weighted by molar-refractivity contribution is -0.161. The molecule has 308 valence electrons. The number of hydrogen-bond donors (Lipinski definition) is 1. The van der Waals surface area contributed by atoms with Gasteiger partial charge in [0.05, 0.1) is 6.61 Å². The van der Waals surface area contributed by atoms with Gasteiger partial charge in [0, 0.05) is 20.0 Å². The monoisotopic (exact) mass is 759 g/mol. The Morgan fingerprint density at radius 2 is 0.865 bits per heavy atom. The number of ether oxygens (including phenoxy) is 2. The highest BCUT2D eigenvalue weighted by atomic mass is 31.2. The summed E-state index contributed by atoms with van der Waals surface area (Å²) in [5, 5.41) is 0. The molecule has 0 saturated carbocycles. The van der Waals surface area contributed by atoms with Gasteiger partial charge in [-0.2, -0.15) is 0 Å². The molecule has 52 heavy (non-hydrogen) atoms. The fourth-order valence-corrected chi connectivity index (χ4v) is 6.82. The van der Waals surface area contributed by atoms with Crippen LogP contribution >= 0.6 is 7.82 Å². The van der Waals surface area contributed by atoms with Gasteiger partial charge in [-0.3, -0.25) is 18.6 Å². The van der Waals surface area contributed by atoms with Crippen LogP contribution in [0.25, 0.3) is 0 Å². The van der Waals surface area contributed by atoms with Crippen LogP contribution in [0.3, 0.4) is 0 Å². The molecule has 0 aliphatic heterocycles. The van der Waals surface area contributed by atoms with Crippen LogP contribution in [0.1, 0.15) is 226 Å². The van der Waals surface area contributed by atoms with Crippen LogP contribution in [-0.4, -0.2) is 43.3 Å². The Labute approximate surface area is 320 Å². The predicted octanol–water partition coefficient (Wildman–Crippen LogP) is 13.7. The van der Waals surface area contributed by atoms with Crippen LogP contribution in [0, 0.1) is 0 Å². The highest BCUT2D eigenvalue weighted by molar-refractivity contribution is 7.47. The average Bonchev–Trinajstić information content (AvgIpc) is 3.13. The van der Waals surface area contributed by atoms with Crippen molar-refractivity contribution in [2.45, 2.75) is 232 Å². The summed E-state index contributed by atoms with van der Waals surface area (Å²) in [4.78, 5) is 34.4. The van der Waals surface area contributed by atoms with Crippen molar-refractivity contribution in [1.82, 2.24) is 0 Å². The van der Waals surface area contributed by atoms with E-state index in [4.69, 9.17) is 14.0 Å². The highest BCUT2D eigenvalue weighted by Crippen LogP contribution is 2.42. The van der Waals surface area contributed by atoms with Gasteiger partial charge < -0.3 is 14.4 Å². The van der Waals surface area contributed by atoms with Crippen molar-refractivity contribution in [1.29, 1.82) is 0 Å². The minimum atomic E-state index is -4.26. The second kappa shape index (κ2) is 39.5. The molecule has 2 unspecified atom stereocenters. The molecule has 9 heteroatoms. The fraction of sp³-hybridized carbons (Fsp3) is 0.907. The molecule has 0 radical (unpaired) electrons. The summed E-state index contributed by atoms with van der Waals surface area (Å²) in [7, 11) is -3.19. The van der Waals surface area contributed by atoms with Gasteiger partial charge in [-0.05, 0) is 38.5 Å². The normalized spacial score (nSPS) is 13.4. The number of unbranched alkanes of at least 4 members (excludes halogenated alkanes) is 28. The van der Waals surface area contributed by atoms with E-state index in [0.29, 0.717) is 12.8 Å². The minimum absolute atomic E-state index is 0.223. The van der Waals surface area contributed by atoms with Crippen LogP contribution in [0.2, 0.25) is 0 Å². The van der Waals surface area contributed by atoms with Gasteiger partial charge in [0.15, 0.2) is 6.10 Å². The van der Waals surface area contributed by atoms with E-state index in [-0.39, 0.29) is 19.0 Å². The molecule has 0 fully saturated rings. The summed E-state index contributed by atoms with van der Waals surface area (Å²) in [6, 6.07) is 0. The third-order valence-corrected chi connectivity index (χ3v) is 10.7. The molecule has 0 heterocycles. The van der Waals surface area contributed by atoms with Crippen molar-refractivity contribution >= 4 is 19.8 Å². The maximum absolute atomic E-state index is 12.5. The molecule has 0 aliphatic carbocycles. The Kier molecular flexibility index (Phi) is 38.6. The SMILES string of the molecule is CCCCCC/C=C\CCCCCCCC(=O)OC(COC(=O)CCCCCCCCCCCCCCCCCCCCCC)COP(=O)(O)OC. The van der Waals surface area contributed by atoms with E-state index in [1.165, 1.54) is 141 Å². The van der Waals surface area contributed by atoms with E-state index < -0.39 is 26.5 Å². The van der Waals surface area contributed by atoms with E-state index in [1.54, 1.807) is 0 Å². The highest BCUT2D eigenvalue weighted by Gasteiger charge is 2.24. The zero-order valence-corrected chi connectivity index (χ0v) is 35.1. The largest absolute Gasteiger partial charge is 0.472 e. The molecule has 1 N–H and O–H groups in total. The molecule has 2 atom stereocenters. The zero-order chi connectivity index (χ0) is 38.2. The first kappa shape index (κ1) is 50.8. The number of esters is 2. The van der Waals surface area contributed by atoms with E-state index in [0.717, 1.165) is 58.5 Å². The van der Waals surface area contributed by atoms with Gasteiger partial charge >= 0.3 is 19.8 Å². The van der Waals surface area contributed by atoms with Crippen LogP contribution in [0.4, 0.5) is 0 Å². The Morgan fingerprint density at radius 3 is 1.27 bits per heavy atom. The molecule has 0 bridgehead atoms. The van der Waals surface area contributed by atoms with Crippen molar-refractivity contribution in [3.05, 3.63) is 12.2 Å². The van der Waals surface area contributed by atoms with Crippen molar-refractivity contribution < 1.29 is 37.6 Å². The van der Waals surface area contributed by atoms with Crippen molar-refractivity contribution in [2.24, 2.45) is 0 Å². The smallest absolute Gasteiger partial charge is 0.462 e.